The third-order valence-electron chi connectivity index (χ3n) is 2.78. The van der Waals surface area contributed by atoms with Crippen molar-refractivity contribution in [1.29, 1.82) is 0 Å². The lowest BCUT2D eigenvalue weighted by Gasteiger charge is -2.24. The molecular formula is C15H24N2O2. The quantitative estimate of drug-likeness (QED) is 0.802. The van der Waals surface area contributed by atoms with E-state index in [-0.39, 0.29) is 5.91 Å². The predicted molar refractivity (Wildman–Crippen MR) is 78.2 cm³/mol. The van der Waals surface area contributed by atoms with Crippen molar-refractivity contribution in [2.24, 2.45) is 5.92 Å². The molecule has 0 atom stereocenters. The van der Waals surface area contributed by atoms with Gasteiger partial charge in [0.2, 0.25) is 0 Å². The molecule has 0 saturated carbocycles. The Bertz CT molecular complexity index is 410. The number of carbonyl (C=O) groups excluding carboxylic acids is 1. The van der Waals surface area contributed by atoms with Gasteiger partial charge >= 0.3 is 0 Å². The molecule has 1 aromatic rings. The molecule has 0 radical (unpaired) electrons. The van der Waals surface area contributed by atoms with Crippen LogP contribution >= 0.6 is 0 Å². The summed E-state index contributed by atoms with van der Waals surface area (Å²) in [5.41, 5.74) is 8.08. The van der Waals surface area contributed by atoms with Gasteiger partial charge in [-0.25, -0.2) is 0 Å². The van der Waals surface area contributed by atoms with E-state index in [1.807, 2.05) is 24.0 Å². The molecule has 0 aliphatic rings. The van der Waals surface area contributed by atoms with Crippen LogP contribution in [0.1, 0.15) is 29.8 Å². The van der Waals surface area contributed by atoms with Crippen LogP contribution in [-0.4, -0.2) is 37.6 Å². The average Bonchev–Trinajstić information content (AvgIpc) is 2.32. The molecule has 1 aromatic carbocycles. The Morgan fingerprint density at radius 1 is 1.37 bits per heavy atom. The fourth-order valence-electron chi connectivity index (χ4n) is 2.04. The van der Waals surface area contributed by atoms with Crippen LogP contribution in [0.3, 0.4) is 0 Å². The van der Waals surface area contributed by atoms with Crippen LogP contribution in [0.4, 0.5) is 5.69 Å². The first-order valence-corrected chi connectivity index (χ1v) is 6.59. The molecule has 4 heteroatoms. The fraction of sp³-hybridized carbons (Fsp3) is 0.533. The predicted octanol–water partition coefficient (Wildman–Crippen LogP) is 2.32. The lowest BCUT2D eigenvalue weighted by atomic mass is 10.1. The zero-order chi connectivity index (χ0) is 14.4. The molecule has 0 spiro atoms. The van der Waals surface area contributed by atoms with Crippen LogP contribution in [0.25, 0.3) is 0 Å². The summed E-state index contributed by atoms with van der Waals surface area (Å²) in [5.74, 6) is 0.434. The van der Waals surface area contributed by atoms with Gasteiger partial charge in [-0.3, -0.25) is 4.79 Å². The normalized spacial score (nSPS) is 10.8. The summed E-state index contributed by atoms with van der Waals surface area (Å²) in [6, 6.07) is 5.47. The zero-order valence-electron chi connectivity index (χ0n) is 12.3. The minimum Gasteiger partial charge on any atom is -0.399 e. The second kappa shape index (κ2) is 7.14. The van der Waals surface area contributed by atoms with Gasteiger partial charge in [-0.1, -0.05) is 13.8 Å². The molecule has 0 unspecified atom stereocenters. The van der Waals surface area contributed by atoms with Gasteiger partial charge in [0.1, 0.15) is 0 Å². The van der Waals surface area contributed by atoms with Crippen LogP contribution in [0.15, 0.2) is 18.2 Å². The Morgan fingerprint density at radius 3 is 2.58 bits per heavy atom. The van der Waals surface area contributed by atoms with Crippen molar-refractivity contribution in [2.45, 2.75) is 20.8 Å². The number of carbonyl (C=O) groups is 1. The Balaban J connectivity index is 2.90. The molecular weight excluding hydrogens is 240 g/mol. The van der Waals surface area contributed by atoms with Crippen molar-refractivity contribution in [1.82, 2.24) is 4.90 Å². The molecule has 1 amide bonds. The van der Waals surface area contributed by atoms with Crippen molar-refractivity contribution in [3.8, 4) is 0 Å². The summed E-state index contributed by atoms with van der Waals surface area (Å²) in [5, 5.41) is 0. The Morgan fingerprint density at radius 2 is 2.05 bits per heavy atom. The maximum absolute atomic E-state index is 12.5. The third kappa shape index (κ3) is 4.91. The number of methoxy groups -OCH3 is 1. The molecule has 106 valence electrons. The van der Waals surface area contributed by atoms with E-state index in [0.29, 0.717) is 30.3 Å². The van der Waals surface area contributed by atoms with E-state index >= 15 is 0 Å². The maximum atomic E-state index is 12.5. The second-order valence-electron chi connectivity index (χ2n) is 5.27. The van der Waals surface area contributed by atoms with Crippen molar-refractivity contribution in [2.75, 3.05) is 32.5 Å². The number of hydrogen-bond donors (Lipinski definition) is 1. The van der Waals surface area contributed by atoms with Crippen LogP contribution in [0.2, 0.25) is 0 Å². The monoisotopic (exact) mass is 264 g/mol. The van der Waals surface area contributed by atoms with E-state index in [4.69, 9.17) is 10.5 Å². The number of anilines is 1. The number of aryl methyl sites for hydroxylation is 1. The maximum Gasteiger partial charge on any atom is 0.254 e. The lowest BCUT2D eigenvalue weighted by molar-refractivity contribution is 0.0672. The number of amides is 1. The highest BCUT2D eigenvalue weighted by Crippen LogP contribution is 2.14. The first-order valence-electron chi connectivity index (χ1n) is 6.59. The summed E-state index contributed by atoms with van der Waals surface area (Å²) >= 11 is 0. The largest absolute Gasteiger partial charge is 0.399 e. The topological polar surface area (TPSA) is 55.6 Å². The van der Waals surface area contributed by atoms with E-state index < -0.39 is 0 Å². The summed E-state index contributed by atoms with van der Waals surface area (Å²) in [6.07, 6.45) is 0. The van der Waals surface area contributed by atoms with E-state index in [9.17, 15) is 4.79 Å². The van der Waals surface area contributed by atoms with Gasteiger partial charge in [0.25, 0.3) is 5.91 Å². The van der Waals surface area contributed by atoms with Gasteiger partial charge in [-0.2, -0.15) is 0 Å². The number of nitrogen functional groups attached to an aromatic ring is 1. The molecule has 0 aliphatic heterocycles. The van der Waals surface area contributed by atoms with E-state index in [0.717, 1.165) is 12.1 Å². The summed E-state index contributed by atoms with van der Waals surface area (Å²) < 4.78 is 5.07. The molecule has 0 bridgehead atoms. The summed E-state index contributed by atoms with van der Waals surface area (Å²) in [4.78, 5) is 14.3. The molecule has 0 aromatic heterocycles. The van der Waals surface area contributed by atoms with Gasteiger partial charge in [0.15, 0.2) is 0 Å². The van der Waals surface area contributed by atoms with Crippen LogP contribution in [0.5, 0.6) is 0 Å². The van der Waals surface area contributed by atoms with Gasteiger partial charge in [0, 0.05) is 31.5 Å². The van der Waals surface area contributed by atoms with E-state index in [1.54, 1.807) is 13.2 Å². The number of nitrogens with two attached hydrogens (primary N) is 1. The minimum atomic E-state index is 0.0150. The molecule has 0 heterocycles. The summed E-state index contributed by atoms with van der Waals surface area (Å²) in [7, 11) is 1.64. The first kappa shape index (κ1) is 15.5. The Hall–Kier alpha value is -1.55. The van der Waals surface area contributed by atoms with Gasteiger partial charge < -0.3 is 15.4 Å². The van der Waals surface area contributed by atoms with Crippen LogP contribution in [-0.2, 0) is 4.74 Å². The van der Waals surface area contributed by atoms with Crippen molar-refractivity contribution in [3.63, 3.8) is 0 Å². The number of benzene rings is 1. The highest BCUT2D eigenvalue weighted by Gasteiger charge is 2.17. The van der Waals surface area contributed by atoms with E-state index in [2.05, 4.69) is 13.8 Å². The number of rotatable bonds is 6. The van der Waals surface area contributed by atoms with E-state index in [1.165, 1.54) is 0 Å². The lowest BCUT2D eigenvalue weighted by Crippen LogP contribution is -2.36. The van der Waals surface area contributed by atoms with Crippen molar-refractivity contribution < 1.29 is 9.53 Å². The fourth-order valence-corrected chi connectivity index (χ4v) is 2.04. The summed E-state index contributed by atoms with van der Waals surface area (Å²) in [6.45, 7) is 7.99. The van der Waals surface area contributed by atoms with Crippen molar-refractivity contribution in [3.05, 3.63) is 29.3 Å². The van der Waals surface area contributed by atoms with Gasteiger partial charge in [-0.05, 0) is 36.6 Å². The van der Waals surface area contributed by atoms with Crippen LogP contribution in [0, 0.1) is 12.8 Å². The third-order valence-corrected chi connectivity index (χ3v) is 2.78. The Labute approximate surface area is 115 Å². The van der Waals surface area contributed by atoms with Gasteiger partial charge in [0.05, 0.1) is 6.61 Å². The minimum absolute atomic E-state index is 0.0150. The molecule has 1 rings (SSSR count). The SMILES string of the molecule is COCCN(CC(C)C)C(=O)c1cc(C)cc(N)c1. The smallest absolute Gasteiger partial charge is 0.254 e. The highest BCUT2D eigenvalue weighted by atomic mass is 16.5. The second-order valence-corrected chi connectivity index (χ2v) is 5.27. The zero-order valence-corrected chi connectivity index (χ0v) is 12.3. The molecule has 2 N–H and O–H groups in total. The molecule has 0 fully saturated rings. The standard InChI is InChI=1S/C15H24N2O2/c1-11(2)10-17(5-6-19-4)15(18)13-7-12(3)8-14(16)9-13/h7-9,11H,5-6,10,16H2,1-4H3. The molecule has 0 saturated heterocycles. The first-order chi connectivity index (χ1) is 8.93. The van der Waals surface area contributed by atoms with Crippen LogP contribution < -0.4 is 5.73 Å². The molecule has 19 heavy (non-hydrogen) atoms. The number of hydrogen-bond acceptors (Lipinski definition) is 3. The average molecular weight is 264 g/mol. The van der Waals surface area contributed by atoms with Crippen molar-refractivity contribution >= 4 is 11.6 Å². The highest BCUT2D eigenvalue weighted by molar-refractivity contribution is 5.95. The van der Waals surface area contributed by atoms with Gasteiger partial charge in [-0.15, -0.1) is 0 Å². The number of ether oxygens (including phenoxy) is 1. The number of nitrogens with zero attached hydrogens (tertiary/aromatic N) is 1. The Kier molecular flexibility index (Phi) is 5.83. The molecule has 4 nitrogen and oxygen atoms in total. The molecule has 0 aliphatic carbocycles.